The lowest BCUT2D eigenvalue weighted by atomic mass is 10.0. The van der Waals surface area contributed by atoms with Gasteiger partial charge in [0.15, 0.2) is 11.0 Å². The fourth-order valence-electron chi connectivity index (χ4n) is 3.75. The van der Waals surface area contributed by atoms with Crippen LogP contribution in [0, 0.1) is 12.8 Å². The van der Waals surface area contributed by atoms with E-state index in [1.54, 1.807) is 19.3 Å². The number of thioether (sulfide) groups is 1. The monoisotopic (exact) mass is 444 g/mol. The van der Waals surface area contributed by atoms with Gasteiger partial charge in [-0.05, 0) is 44.2 Å². The summed E-state index contributed by atoms with van der Waals surface area (Å²) in [5.41, 5.74) is 0. The minimum atomic E-state index is -0.343. The van der Waals surface area contributed by atoms with Crippen molar-refractivity contribution in [2.24, 2.45) is 5.92 Å². The van der Waals surface area contributed by atoms with Gasteiger partial charge < -0.3 is 19.2 Å². The van der Waals surface area contributed by atoms with Gasteiger partial charge in [0.25, 0.3) is 0 Å². The number of aryl methyl sites for hydroxylation is 1. The number of furan rings is 1. The predicted molar refractivity (Wildman–Crippen MR) is 118 cm³/mol. The molecule has 1 aliphatic heterocycles. The molecule has 1 N–H and O–H groups in total. The quantitative estimate of drug-likeness (QED) is 0.521. The maximum atomic E-state index is 12.8. The molecule has 31 heavy (non-hydrogen) atoms. The van der Waals surface area contributed by atoms with Crippen molar-refractivity contribution in [2.75, 3.05) is 23.3 Å². The minimum Gasteiger partial charge on any atom is -0.467 e. The molecular formula is C21H28N6O3S. The number of carbonyl (C=O) groups excluding carboxylic acids is 1. The van der Waals surface area contributed by atoms with Crippen LogP contribution in [0.25, 0.3) is 0 Å². The van der Waals surface area contributed by atoms with Crippen LogP contribution >= 0.6 is 11.8 Å². The van der Waals surface area contributed by atoms with E-state index in [1.807, 2.05) is 19.1 Å². The molecule has 166 valence electrons. The summed E-state index contributed by atoms with van der Waals surface area (Å²) >= 11 is 1.41. The molecule has 4 rings (SSSR count). The first kappa shape index (κ1) is 21.5. The molecule has 1 aliphatic rings. The lowest BCUT2D eigenvalue weighted by Gasteiger charge is -2.31. The zero-order valence-corrected chi connectivity index (χ0v) is 18.9. The van der Waals surface area contributed by atoms with Crippen LogP contribution in [-0.4, -0.2) is 44.2 Å². The second-order valence-corrected chi connectivity index (χ2v) is 9.14. The van der Waals surface area contributed by atoms with E-state index in [0.717, 1.165) is 31.2 Å². The maximum absolute atomic E-state index is 12.8. The fraction of sp³-hybridized carbons (Fsp3) is 0.524. The molecule has 0 bridgehead atoms. The SMILES string of the molecule is CCC(Sc1nnc(N2CCCC(C)C2)n1Cc1ccco1)C(=O)Nc1cc(C)on1. The molecule has 10 heteroatoms. The van der Waals surface area contributed by atoms with E-state index in [1.165, 1.54) is 18.2 Å². The van der Waals surface area contributed by atoms with Crippen LogP contribution in [0.4, 0.5) is 11.8 Å². The Bertz CT molecular complexity index is 999. The molecule has 0 radical (unpaired) electrons. The molecular weight excluding hydrogens is 416 g/mol. The molecule has 0 aromatic carbocycles. The number of nitrogens with zero attached hydrogens (tertiary/aromatic N) is 5. The average Bonchev–Trinajstić information content (AvgIpc) is 3.49. The number of anilines is 2. The molecule has 9 nitrogen and oxygen atoms in total. The maximum Gasteiger partial charge on any atom is 0.239 e. The van der Waals surface area contributed by atoms with Crippen molar-refractivity contribution in [1.29, 1.82) is 0 Å². The number of hydrogen-bond acceptors (Lipinski definition) is 8. The number of aromatic nitrogens is 4. The lowest BCUT2D eigenvalue weighted by Crippen LogP contribution is -2.36. The highest BCUT2D eigenvalue weighted by Crippen LogP contribution is 2.30. The van der Waals surface area contributed by atoms with E-state index >= 15 is 0 Å². The largest absolute Gasteiger partial charge is 0.467 e. The molecule has 1 fully saturated rings. The van der Waals surface area contributed by atoms with Crippen molar-refractivity contribution in [3.8, 4) is 0 Å². The molecule has 1 amide bonds. The number of nitrogens with one attached hydrogen (secondary N) is 1. The third kappa shape index (κ3) is 5.12. The zero-order valence-electron chi connectivity index (χ0n) is 18.1. The minimum absolute atomic E-state index is 0.138. The van der Waals surface area contributed by atoms with E-state index in [2.05, 4.69) is 37.1 Å². The van der Waals surface area contributed by atoms with Crippen molar-refractivity contribution < 1.29 is 13.7 Å². The number of rotatable bonds is 8. The van der Waals surface area contributed by atoms with Gasteiger partial charge in [-0.1, -0.05) is 30.8 Å². The molecule has 3 aromatic heterocycles. The summed E-state index contributed by atoms with van der Waals surface area (Å²) in [6.07, 6.45) is 4.66. The molecule has 4 heterocycles. The Morgan fingerprint density at radius 3 is 2.97 bits per heavy atom. The first-order valence-electron chi connectivity index (χ1n) is 10.6. The van der Waals surface area contributed by atoms with E-state index in [-0.39, 0.29) is 11.2 Å². The van der Waals surface area contributed by atoms with E-state index in [9.17, 15) is 4.79 Å². The summed E-state index contributed by atoms with van der Waals surface area (Å²) in [5, 5.41) is 16.0. The summed E-state index contributed by atoms with van der Waals surface area (Å²) in [7, 11) is 0. The van der Waals surface area contributed by atoms with E-state index in [4.69, 9.17) is 8.94 Å². The fourth-order valence-corrected chi connectivity index (χ4v) is 4.70. The Kier molecular flexibility index (Phi) is 6.64. The van der Waals surface area contributed by atoms with Gasteiger partial charge in [-0.15, -0.1) is 10.2 Å². The van der Waals surface area contributed by atoms with Crippen molar-refractivity contribution >= 4 is 29.4 Å². The number of hydrogen-bond donors (Lipinski definition) is 1. The molecule has 2 unspecified atom stereocenters. The predicted octanol–water partition coefficient (Wildman–Crippen LogP) is 3.96. The van der Waals surface area contributed by atoms with Crippen LogP contribution in [0.1, 0.15) is 44.6 Å². The zero-order chi connectivity index (χ0) is 21.8. The second kappa shape index (κ2) is 9.59. The van der Waals surface area contributed by atoms with E-state index in [0.29, 0.717) is 35.6 Å². The molecule has 2 atom stereocenters. The van der Waals surface area contributed by atoms with Crippen LogP contribution < -0.4 is 10.2 Å². The Balaban J connectivity index is 1.56. The number of carbonyl (C=O) groups is 1. The van der Waals surface area contributed by atoms with Gasteiger partial charge in [-0.25, -0.2) is 0 Å². The first-order valence-corrected chi connectivity index (χ1v) is 11.5. The topological polar surface area (TPSA) is 102 Å². The van der Waals surface area contributed by atoms with Gasteiger partial charge in [-0.2, -0.15) is 0 Å². The van der Waals surface area contributed by atoms with Gasteiger partial charge in [-0.3, -0.25) is 9.36 Å². The van der Waals surface area contributed by atoms with Gasteiger partial charge >= 0.3 is 0 Å². The van der Waals surface area contributed by atoms with Crippen molar-refractivity contribution in [3.05, 3.63) is 36.0 Å². The Labute approximate surface area is 185 Å². The highest BCUT2D eigenvalue weighted by Gasteiger charge is 2.27. The van der Waals surface area contributed by atoms with Gasteiger partial charge in [0, 0.05) is 19.2 Å². The first-order chi connectivity index (χ1) is 15.0. The van der Waals surface area contributed by atoms with Crippen LogP contribution in [0.5, 0.6) is 0 Å². The number of piperidine rings is 1. The lowest BCUT2D eigenvalue weighted by molar-refractivity contribution is -0.115. The molecule has 0 aliphatic carbocycles. The molecule has 0 saturated carbocycles. The third-order valence-electron chi connectivity index (χ3n) is 5.32. The highest BCUT2D eigenvalue weighted by atomic mass is 32.2. The number of amides is 1. The second-order valence-electron chi connectivity index (χ2n) is 7.97. The smallest absolute Gasteiger partial charge is 0.239 e. The molecule has 1 saturated heterocycles. The molecule has 3 aromatic rings. The van der Waals surface area contributed by atoms with Crippen molar-refractivity contribution in [3.63, 3.8) is 0 Å². The van der Waals surface area contributed by atoms with Crippen LogP contribution in [-0.2, 0) is 11.3 Å². The standard InChI is InChI=1S/C21H28N6O3S/c1-4-17(19(28)22-18-11-15(3)30-25-18)31-21-24-23-20(26-9-5-7-14(2)12-26)27(21)13-16-8-6-10-29-16/h6,8,10-11,14,17H,4-5,7,9,12-13H2,1-3H3,(H,22,25,28). The van der Waals surface area contributed by atoms with Gasteiger partial charge in [0.05, 0.1) is 18.1 Å². The van der Waals surface area contributed by atoms with Crippen molar-refractivity contribution in [2.45, 2.75) is 57.0 Å². The van der Waals surface area contributed by atoms with Gasteiger partial charge in [0.2, 0.25) is 11.9 Å². The summed E-state index contributed by atoms with van der Waals surface area (Å²) in [5.74, 6) is 3.19. The summed E-state index contributed by atoms with van der Waals surface area (Å²) in [6, 6.07) is 5.51. The van der Waals surface area contributed by atoms with Crippen molar-refractivity contribution in [1.82, 2.24) is 19.9 Å². The van der Waals surface area contributed by atoms with Gasteiger partial charge in [0.1, 0.15) is 11.5 Å². The Morgan fingerprint density at radius 2 is 2.29 bits per heavy atom. The highest BCUT2D eigenvalue weighted by molar-refractivity contribution is 8.00. The summed E-state index contributed by atoms with van der Waals surface area (Å²) < 4.78 is 12.7. The van der Waals surface area contributed by atoms with E-state index < -0.39 is 0 Å². The molecule has 0 spiro atoms. The van der Waals surface area contributed by atoms with Crippen LogP contribution in [0.3, 0.4) is 0 Å². The Morgan fingerprint density at radius 1 is 1.42 bits per heavy atom. The Hall–Kier alpha value is -2.75. The third-order valence-corrected chi connectivity index (χ3v) is 6.67. The van der Waals surface area contributed by atoms with Crippen LogP contribution in [0.2, 0.25) is 0 Å². The summed E-state index contributed by atoms with van der Waals surface area (Å²) in [4.78, 5) is 15.1. The normalized spacial score (nSPS) is 17.6. The van der Waals surface area contributed by atoms with Crippen LogP contribution in [0.15, 0.2) is 38.6 Å². The average molecular weight is 445 g/mol. The summed E-state index contributed by atoms with van der Waals surface area (Å²) in [6.45, 7) is 8.44.